The Morgan fingerprint density at radius 1 is 1.00 bits per heavy atom. The summed E-state index contributed by atoms with van der Waals surface area (Å²) < 4.78 is 25.7. The van der Waals surface area contributed by atoms with Gasteiger partial charge in [-0.05, 0) is 38.5 Å². The average molecular weight is 375 g/mol. The molecule has 0 aromatic heterocycles. The number of rotatable bonds is 7. The number of aryl methyl sites for hydroxylation is 1. The van der Waals surface area contributed by atoms with Crippen molar-refractivity contribution in [3.8, 4) is 0 Å². The van der Waals surface area contributed by atoms with Crippen molar-refractivity contribution >= 4 is 21.6 Å². The molecule has 0 unspecified atom stereocenters. The number of carbonyl (C=O) groups is 1. The van der Waals surface area contributed by atoms with E-state index in [4.69, 9.17) is 0 Å². The zero-order valence-electron chi connectivity index (χ0n) is 15.7. The Balaban J connectivity index is 2.25. The Hall–Kier alpha value is -2.34. The standard InChI is InChI=1S/C20H26N2O3S/c1-16(2)21(14-18-8-6-5-7-9-18)20(23)15-22(26(4,24)25)19-12-10-17(3)11-13-19/h5-13,16H,14-15H2,1-4H3. The van der Waals surface area contributed by atoms with E-state index in [0.29, 0.717) is 12.2 Å². The van der Waals surface area contributed by atoms with Crippen LogP contribution in [0.1, 0.15) is 25.0 Å². The summed E-state index contributed by atoms with van der Waals surface area (Å²) in [6, 6.07) is 16.8. The number of hydrogen-bond donors (Lipinski definition) is 0. The van der Waals surface area contributed by atoms with Gasteiger partial charge in [-0.3, -0.25) is 9.10 Å². The molecule has 0 heterocycles. The van der Waals surface area contributed by atoms with Crippen LogP contribution in [0.2, 0.25) is 0 Å². The Labute approximate surface area is 156 Å². The molecule has 2 aromatic carbocycles. The molecule has 0 saturated carbocycles. The normalized spacial score (nSPS) is 11.4. The van der Waals surface area contributed by atoms with Gasteiger partial charge in [0.15, 0.2) is 0 Å². The van der Waals surface area contributed by atoms with E-state index >= 15 is 0 Å². The van der Waals surface area contributed by atoms with E-state index in [1.54, 1.807) is 17.0 Å². The number of anilines is 1. The summed E-state index contributed by atoms with van der Waals surface area (Å²) in [7, 11) is -3.57. The molecule has 0 saturated heterocycles. The lowest BCUT2D eigenvalue weighted by molar-refractivity contribution is -0.131. The lowest BCUT2D eigenvalue weighted by atomic mass is 10.2. The van der Waals surface area contributed by atoms with E-state index in [-0.39, 0.29) is 18.5 Å². The van der Waals surface area contributed by atoms with Crippen molar-refractivity contribution in [2.45, 2.75) is 33.4 Å². The lowest BCUT2D eigenvalue weighted by Crippen LogP contribution is -2.45. The minimum Gasteiger partial charge on any atom is -0.334 e. The quantitative estimate of drug-likeness (QED) is 0.748. The number of nitrogens with zero attached hydrogens (tertiary/aromatic N) is 2. The predicted molar refractivity (Wildman–Crippen MR) is 105 cm³/mol. The van der Waals surface area contributed by atoms with Crippen molar-refractivity contribution in [1.29, 1.82) is 0 Å². The summed E-state index contributed by atoms with van der Waals surface area (Å²) in [5.41, 5.74) is 2.53. The van der Waals surface area contributed by atoms with E-state index in [9.17, 15) is 13.2 Å². The lowest BCUT2D eigenvalue weighted by Gasteiger charge is -2.30. The molecular formula is C20H26N2O3S. The van der Waals surface area contributed by atoms with E-state index in [0.717, 1.165) is 21.7 Å². The fourth-order valence-electron chi connectivity index (χ4n) is 2.66. The highest BCUT2D eigenvalue weighted by Crippen LogP contribution is 2.19. The van der Waals surface area contributed by atoms with E-state index in [1.807, 2.05) is 63.2 Å². The molecule has 0 radical (unpaired) electrons. The van der Waals surface area contributed by atoms with Crippen LogP contribution in [0.15, 0.2) is 54.6 Å². The Bertz CT molecular complexity index is 831. The molecule has 0 fully saturated rings. The van der Waals surface area contributed by atoms with Crippen LogP contribution in [0.4, 0.5) is 5.69 Å². The molecule has 140 valence electrons. The third kappa shape index (κ3) is 5.33. The third-order valence-corrected chi connectivity index (χ3v) is 5.28. The van der Waals surface area contributed by atoms with Gasteiger partial charge in [0.1, 0.15) is 6.54 Å². The molecule has 0 atom stereocenters. The smallest absolute Gasteiger partial charge is 0.243 e. The van der Waals surface area contributed by atoms with Gasteiger partial charge in [0, 0.05) is 12.6 Å². The Morgan fingerprint density at radius 3 is 2.08 bits per heavy atom. The van der Waals surface area contributed by atoms with Crippen LogP contribution < -0.4 is 4.31 Å². The fourth-order valence-corrected chi connectivity index (χ4v) is 3.51. The summed E-state index contributed by atoms with van der Waals surface area (Å²) in [4.78, 5) is 14.6. The molecule has 0 bridgehead atoms. The number of sulfonamides is 1. The largest absolute Gasteiger partial charge is 0.334 e. The summed E-state index contributed by atoms with van der Waals surface area (Å²) in [5.74, 6) is -0.227. The van der Waals surface area contributed by atoms with Crippen molar-refractivity contribution in [3.63, 3.8) is 0 Å². The van der Waals surface area contributed by atoms with Gasteiger partial charge >= 0.3 is 0 Å². The minimum absolute atomic E-state index is 0.0397. The molecule has 0 aliphatic carbocycles. The first-order valence-corrected chi connectivity index (χ1v) is 10.4. The zero-order valence-corrected chi connectivity index (χ0v) is 16.5. The summed E-state index contributed by atoms with van der Waals surface area (Å²) >= 11 is 0. The minimum atomic E-state index is -3.57. The van der Waals surface area contributed by atoms with Gasteiger partial charge in [-0.15, -0.1) is 0 Å². The molecule has 2 rings (SSSR count). The zero-order chi connectivity index (χ0) is 19.3. The third-order valence-electron chi connectivity index (χ3n) is 4.14. The summed E-state index contributed by atoms with van der Waals surface area (Å²) in [5, 5.41) is 0. The predicted octanol–water partition coefficient (Wildman–Crippen LogP) is 3.20. The molecule has 0 spiro atoms. The maximum absolute atomic E-state index is 12.9. The molecule has 6 heteroatoms. The highest BCUT2D eigenvalue weighted by molar-refractivity contribution is 7.92. The SMILES string of the molecule is Cc1ccc(N(CC(=O)N(Cc2ccccc2)C(C)C)S(C)(=O)=O)cc1. The molecule has 0 aliphatic rings. The van der Waals surface area contributed by atoms with Crippen LogP contribution in [-0.4, -0.2) is 38.1 Å². The second-order valence-corrected chi connectivity index (χ2v) is 8.61. The van der Waals surface area contributed by atoms with E-state index < -0.39 is 10.0 Å². The van der Waals surface area contributed by atoms with Gasteiger partial charge in [0.05, 0.1) is 11.9 Å². The van der Waals surface area contributed by atoms with Gasteiger partial charge in [-0.2, -0.15) is 0 Å². The molecular weight excluding hydrogens is 348 g/mol. The van der Waals surface area contributed by atoms with Crippen molar-refractivity contribution in [2.24, 2.45) is 0 Å². The topological polar surface area (TPSA) is 57.7 Å². The first-order chi connectivity index (χ1) is 12.2. The molecule has 5 nitrogen and oxygen atoms in total. The highest BCUT2D eigenvalue weighted by atomic mass is 32.2. The van der Waals surface area contributed by atoms with E-state index in [2.05, 4.69) is 0 Å². The van der Waals surface area contributed by atoms with Gasteiger partial charge in [0.2, 0.25) is 15.9 Å². The van der Waals surface area contributed by atoms with Crippen LogP contribution >= 0.6 is 0 Å². The molecule has 1 amide bonds. The number of amides is 1. The van der Waals surface area contributed by atoms with Crippen molar-refractivity contribution < 1.29 is 13.2 Å². The second kappa shape index (κ2) is 8.36. The van der Waals surface area contributed by atoms with Crippen LogP contribution in [0, 0.1) is 6.92 Å². The van der Waals surface area contributed by atoms with Gasteiger partial charge in [0.25, 0.3) is 0 Å². The Morgan fingerprint density at radius 2 is 1.58 bits per heavy atom. The first kappa shape index (κ1) is 20.0. The molecule has 0 N–H and O–H groups in total. The van der Waals surface area contributed by atoms with Crippen molar-refractivity contribution in [3.05, 3.63) is 65.7 Å². The molecule has 26 heavy (non-hydrogen) atoms. The van der Waals surface area contributed by atoms with Gasteiger partial charge < -0.3 is 4.90 Å². The Kier molecular flexibility index (Phi) is 6.42. The van der Waals surface area contributed by atoms with E-state index in [1.165, 1.54) is 0 Å². The fraction of sp³-hybridized carbons (Fsp3) is 0.350. The first-order valence-electron chi connectivity index (χ1n) is 8.56. The van der Waals surface area contributed by atoms with Crippen LogP contribution in [-0.2, 0) is 21.4 Å². The number of hydrogen-bond acceptors (Lipinski definition) is 3. The monoisotopic (exact) mass is 374 g/mol. The van der Waals surface area contributed by atoms with Crippen LogP contribution in [0.25, 0.3) is 0 Å². The van der Waals surface area contributed by atoms with Crippen molar-refractivity contribution in [2.75, 3.05) is 17.1 Å². The summed E-state index contributed by atoms with van der Waals surface area (Å²) in [6.07, 6.45) is 1.12. The van der Waals surface area contributed by atoms with Crippen molar-refractivity contribution in [1.82, 2.24) is 4.90 Å². The highest BCUT2D eigenvalue weighted by Gasteiger charge is 2.25. The average Bonchev–Trinajstić information content (AvgIpc) is 2.58. The molecule has 0 aliphatic heterocycles. The van der Waals surface area contributed by atoms with Gasteiger partial charge in [-0.25, -0.2) is 8.42 Å². The maximum atomic E-state index is 12.9. The summed E-state index contributed by atoms with van der Waals surface area (Å²) in [6.45, 7) is 6.02. The number of benzene rings is 2. The van der Waals surface area contributed by atoms with Gasteiger partial charge in [-0.1, -0.05) is 48.0 Å². The second-order valence-electron chi connectivity index (χ2n) is 6.71. The van der Waals surface area contributed by atoms with Crippen LogP contribution in [0.3, 0.4) is 0 Å². The molecule has 2 aromatic rings. The maximum Gasteiger partial charge on any atom is 0.243 e. The van der Waals surface area contributed by atoms with Crippen LogP contribution in [0.5, 0.6) is 0 Å². The number of carbonyl (C=O) groups excluding carboxylic acids is 1.